The minimum atomic E-state index is -4.72. The van der Waals surface area contributed by atoms with Gasteiger partial charge >= 0.3 is 27.5 Å². The maximum atomic E-state index is 12.5. The lowest BCUT2D eigenvalue weighted by molar-refractivity contribution is -0.384. The molecule has 0 fully saturated rings. The average molecular weight is 656 g/mol. The van der Waals surface area contributed by atoms with Crippen molar-refractivity contribution in [3.05, 3.63) is 67.8 Å². The Morgan fingerprint density at radius 2 is 1.21 bits per heavy atom. The molecule has 2 aromatic rings. The van der Waals surface area contributed by atoms with Gasteiger partial charge < -0.3 is 30.2 Å². The van der Waals surface area contributed by atoms with Crippen LogP contribution in [-0.2, 0) is 21.5 Å². The van der Waals surface area contributed by atoms with Gasteiger partial charge in [-0.1, -0.05) is 0 Å². The van der Waals surface area contributed by atoms with Gasteiger partial charge in [0, 0.05) is 24.7 Å². The summed E-state index contributed by atoms with van der Waals surface area (Å²) in [6.07, 6.45) is -10.0. The predicted molar refractivity (Wildman–Crippen MR) is 136 cm³/mol. The molecule has 0 heterocycles. The summed E-state index contributed by atoms with van der Waals surface area (Å²) in [5.41, 5.74) is -5.61. The summed E-state index contributed by atoms with van der Waals surface area (Å²) in [6.45, 7) is 2.24. The first-order valence-corrected chi connectivity index (χ1v) is 14.6. The fourth-order valence-electron chi connectivity index (χ4n) is 3.03. The van der Waals surface area contributed by atoms with Crippen molar-refractivity contribution in [2.75, 3.05) is 23.3 Å². The third-order valence-electron chi connectivity index (χ3n) is 5.12. The van der Waals surface area contributed by atoms with Gasteiger partial charge in [-0.25, -0.2) is 0 Å². The van der Waals surface area contributed by atoms with E-state index in [9.17, 15) is 55.7 Å². The number of nitro benzene ring substituents is 2. The zero-order chi connectivity index (χ0) is 32.8. The first kappa shape index (κ1) is 36.7. The molecule has 0 aliphatic rings. The molecule has 42 heavy (non-hydrogen) atoms. The molecule has 0 amide bonds. The van der Waals surface area contributed by atoms with E-state index in [-0.39, 0.29) is 17.9 Å². The van der Waals surface area contributed by atoms with E-state index in [4.69, 9.17) is 19.6 Å². The van der Waals surface area contributed by atoms with E-state index in [1.54, 1.807) is 0 Å². The minimum absolute atomic E-state index is 0.242. The number of nitro groups is 2. The second-order valence-electron chi connectivity index (χ2n) is 8.69. The highest BCUT2D eigenvalue weighted by molar-refractivity contribution is 7.52. The molecule has 2 unspecified atom stereocenters. The Bertz CT molecular complexity index is 1380. The Hall–Kier alpha value is -3.28. The Kier molecular flexibility index (Phi) is 12.1. The van der Waals surface area contributed by atoms with E-state index in [0.717, 1.165) is 12.1 Å². The molecule has 14 nitrogen and oxygen atoms in total. The molecule has 2 rings (SSSR count). The topological polar surface area (TPSA) is 225 Å². The van der Waals surface area contributed by atoms with Crippen LogP contribution in [0.5, 0.6) is 0 Å². The van der Waals surface area contributed by atoms with Crippen LogP contribution in [0.2, 0.25) is 0 Å². The van der Waals surface area contributed by atoms with E-state index >= 15 is 0 Å². The molecule has 22 heteroatoms. The number of alkyl halides is 6. The van der Waals surface area contributed by atoms with Crippen molar-refractivity contribution >= 4 is 37.9 Å². The van der Waals surface area contributed by atoms with E-state index in [1.807, 2.05) is 0 Å². The van der Waals surface area contributed by atoms with Crippen LogP contribution in [0.15, 0.2) is 36.4 Å². The lowest BCUT2D eigenvalue weighted by Gasteiger charge is -2.16. The summed E-state index contributed by atoms with van der Waals surface area (Å²) >= 11 is 0. The molecule has 0 spiro atoms. The molecule has 0 radical (unpaired) electrons. The summed E-state index contributed by atoms with van der Waals surface area (Å²) in [5, 5.41) is 26.4. The Labute approximate surface area is 232 Å². The lowest BCUT2D eigenvalue weighted by atomic mass is 10.1. The number of rotatable bonds is 10. The van der Waals surface area contributed by atoms with Crippen molar-refractivity contribution in [2.24, 2.45) is 0 Å². The number of anilines is 2. The fourth-order valence-corrected chi connectivity index (χ4v) is 4.17. The molecular weight excluding hydrogens is 632 g/mol. The van der Waals surface area contributed by atoms with Gasteiger partial charge in [0.15, 0.2) is 0 Å². The van der Waals surface area contributed by atoms with Gasteiger partial charge in [-0.3, -0.25) is 29.4 Å². The highest BCUT2D eigenvalue weighted by Crippen LogP contribution is 2.42. The molecule has 2 aromatic carbocycles. The number of halogens is 6. The van der Waals surface area contributed by atoms with Crippen molar-refractivity contribution in [2.45, 2.75) is 37.9 Å². The first-order valence-electron chi connectivity index (χ1n) is 11.1. The Balaban J connectivity index is 0.000000420. The van der Waals surface area contributed by atoms with Crippen molar-refractivity contribution < 1.29 is 64.9 Å². The van der Waals surface area contributed by atoms with Gasteiger partial charge in [0.25, 0.3) is 11.4 Å². The number of benzene rings is 2. The normalized spacial score (nSPS) is 13.8. The fraction of sp³-hybridized carbons (Fsp3) is 0.400. The first-order chi connectivity index (χ1) is 18.8. The standard InChI is InChI=1S/2C10H12F3N2O5P/c1-6(5-21(18,19)20)14-8-3-2-7(10(11,12)13)4-9(8)15(16)17;1-6(21(18,19)20)5-14-8-3-2-7(10(11,12)13)4-9(8)15(16)17/h2*2-4,6,14H,5H2,1H3,(H2,18,19,20). The van der Waals surface area contributed by atoms with Crippen molar-refractivity contribution in [1.82, 2.24) is 0 Å². The van der Waals surface area contributed by atoms with Crippen LogP contribution in [0.1, 0.15) is 25.0 Å². The number of hydrogen-bond donors (Lipinski definition) is 6. The zero-order valence-corrected chi connectivity index (χ0v) is 23.1. The van der Waals surface area contributed by atoms with Crippen molar-refractivity contribution in [3.63, 3.8) is 0 Å². The molecule has 0 aliphatic heterocycles. The molecule has 0 saturated heterocycles. The third-order valence-corrected chi connectivity index (χ3v) is 7.47. The van der Waals surface area contributed by atoms with Crippen molar-refractivity contribution in [1.29, 1.82) is 0 Å². The monoisotopic (exact) mass is 656 g/mol. The van der Waals surface area contributed by atoms with Gasteiger partial charge in [0.1, 0.15) is 11.4 Å². The molecule has 0 saturated carbocycles. The van der Waals surface area contributed by atoms with E-state index in [1.165, 1.54) is 13.8 Å². The molecule has 236 valence electrons. The summed E-state index contributed by atoms with van der Waals surface area (Å²) in [4.78, 5) is 54.9. The van der Waals surface area contributed by atoms with E-state index < -0.39 is 77.8 Å². The van der Waals surface area contributed by atoms with Crippen LogP contribution >= 0.6 is 15.2 Å². The summed E-state index contributed by atoms with van der Waals surface area (Å²) < 4.78 is 96.7. The molecule has 2 atom stereocenters. The molecule has 0 aliphatic carbocycles. The van der Waals surface area contributed by atoms with Crippen LogP contribution in [0, 0.1) is 20.2 Å². The molecule has 0 aromatic heterocycles. The Morgan fingerprint density at radius 3 is 1.57 bits per heavy atom. The van der Waals surface area contributed by atoms with Crippen LogP contribution < -0.4 is 10.6 Å². The number of hydrogen-bond acceptors (Lipinski definition) is 8. The van der Waals surface area contributed by atoms with Crippen LogP contribution in [-0.4, -0.2) is 53.8 Å². The third kappa shape index (κ3) is 11.9. The van der Waals surface area contributed by atoms with E-state index in [0.29, 0.717) is 24.3 Å². The number of nitrogens with zero attached hydrogens (tertiary/aromatic N) is 2. The lowest BCUT2D eigenvalue weighted by Crippen LogP contribution is -2.20. The van der Waals surface area contributed by atoms with Crippen LogP contribution in [0.4, 0.5) is 49.1 Å². The smallest absolute Gasteiger partial charge is 0.379 e. The van der Waals surface area contributed by atoms with Gasteiger partial charge in [-0.05, 0) is 38.1 Å². The maximum Gasteiger partial charge on any atom is 0.416 e. The SMILES string of the molecule is CC(CNc1ccc(C(F)(F)F)cc1[N+](=O)[O-])P(=O)(O)O.CC(CP(=O)(O)O)Nc1ccc(C(F)(F)F)cc1[N+](=O)[O-]. The van der Waals surface area contributed by atoms with E-state index in [2.05, 4.69) is 10.6 Å². The van der Waals surface area contributed by atoms with Crippen LogP contribution in [0.3, 0.4) is 0 Å². The van der Waals surface area contributed by atoms with Gasteiger partial charge in [-0.15, -0.1) is 0 Å². The molecule has 0 bridgehead atoms. The Morgan fingerprint density at radius 1 is 0.810 bits per heavy atom. The molecular formula is C20H24F6N4O10P2. The zero-order valence-electron chi connectivity index (χ0n) is 21.3. The van der Waals surface area contributed by atoms with Gasteiger partial charge in [-0.2, -0.15) is 26.3 Å². The second-order valence-corrected chi connectivity index (χ2v) is 12.4. The van der Waals surface area contributed by atoms with Crippen molar-refractivity contribution in [3.8, 4) is 0 Å². The minimum Gasteiger partial charge on any atom is -0.379 e. The molecule has 6 N–H and O–H groups in total. The average Bonchev–Trinajstić information content (AvgIpc) is 2.79. The largest absolute Gasteiger partial charge is 0.416 e. The highest BCUT2D eigenvalue weighted by Gasteiger charge is 2.34. The quantitative estimate of drug-likeness (QED) is 0.0842. The van der Waals surface area contributed by atoms with Crippen LogP contribution in [0.25, 0.3) is 0 Å². The maximum absolute atomic E-state index is 12.5. The summed E-state index contributed by atoms with van der Waals surface area (Å²) in [7, 11) is -8.73. The summed E-state index contributed by atoms with van der Waals surface area (Å²) in [6, 6.07) is 2.89. The number of nitrogens with one attached hydrogen (secondary N) is 2. The predicted octanol–water partition coefficient (Wildman–Crippen LogP) is 5.18. The second kappa shape index (κ2) is 13.8. The van der Waals surface area contributed by atoms with Gasteiger partial charge in [0.05, 0.1) is 32.8 Å². The summed E-state index contributed by atoms with van der Waals surface area (Å²) in [5.74, 6) is 0. The van der Waals surface area contributed by atoms with Gasteiger partial charge in [0.2, 0.25) is 0 Å². The highest BCUT2D eigenvalue weighted by atomic mass is 31.2.